The topological polar surface area (TPSA) is 52.7 Å². The van der Waals surface area contributed by atoms with Gasteiger partial charge in [0, 0.05) is 28.0 Å². The summed E-state index contributed by atoms with van der Waals surface area (Å²) < 4.78 is 0. The van der Waals surface area contributed by atoms with Crippen molar-refractivity contribution in [2.75, 3.05) is 11.9 Å². The number of aryl methyl sites for hydroxylation is 1. The molecule has 1 heterocycles. The van der Waals surface area contributed by atoms with Crippen molar-refractivity contribution in [3.63, 3.8) is 0 Å². The second-order valence-corrected chi connectivity index (χ2v) is 10.5. The molecule has 0 spiro atoms. The van der Waals surface area contributed by atoms with E-state index < -0.39 is 0 Å². The fourth-order valence-corrected chi connectivity index (χ4v) is 4.58. The first kappa shape index (κ1) is 25.5. The van der Waals surface area contributed by atoms with Gasteiger partial charge in [-0.25, -0.2) is 4.79 Å². The Morgan fingerprint density at radius 1 is 0.882 bits per heavy atom. The van der Waals surface area contributed by atoms with Gasteiger partial charge in [-0.2, -0.15) is 0 Å². The molecule has 0 radical (unpaired) electrons. The van der Waals surface area contributed by atoms with E-state index in [0.717, 1.165) is 16.1 Å². The minimum absolute atomic E-state index is 0.0186. The lowest BCUT2D eigenvalue weighted by molar-refractivity contribution is -0.133. The summed E-state index contributed by atoms with van der Waals surface area (Å²) in [5, 5.41) is 2.95. The van der Waals surface area contributed by atoms with Crippen LogP contribution in [0, 0.1) is 6.92 Å². The lowest BCUT2D eigenvalue weighted by Crippen LogP contribution is -2.47. The molecule has 0 saturated heterocycles. The van der Waals surface area contributed by atoms with Crippen LogP contribution in [0.5, 0.6) is 0 Å². The normalized spacial score (nSPS) is 11.0. The number of nitrogens with one attached hydrogen (secondary N) is 1. The zero-order valence-corrected chi connectivity index (χ0v) is 21.6. The maximum Gasteiger partial charge on any atom is 0.322 e. The molecule has 0 fully saturated rings. The third-order valence-corrected chi connectivity index (χ3v) is 6.72. The second-order valence-electron chi connectivity index (χ2n) is 9.18. The van der Waals surface area contributed by atoms with E-state index in [9.17, 15) is 9.59 Å². The summed E-state index contributed by atoms with van der Waals surface area (Å²) in [6.45, 7) is 11.2. The van der Waals surface area contributed by atoms with E-state index in [0.29, 0.717) is 19.0 Å². The highest BCUT2D eigenvalue weighted by molar-refractivity contribution is 7.11. The largest absolute Gasteiger partial charge is 0.332 e. The van der Waals surface area contributed by atoms with Crippen LogP contribution in [0.4, 0.5) is 10.5 Å². The van der Waals surface area contributed by atoms with E-state index >= 15 is 0 Å². The average molecular weight is 478 g/mol. The van der Waals surface area contributed by atoms with Gasteiger partial charge in [0.1, 0.15) is 6.54 Å². The van der Waals surface area contributed by atoms with Crippen molar-refractivity contribution >= 4 is 29.0 Å². The third-order valence-electron chi connectivity index (χ3n) is 5.73. The lowest BCUT2D eigenvalue weighted by atomic mass is 10.0. The Balaban J connectivity index is 1.73. The van der Waals surface area contributed by atoms with Crippen molar-refractivity contribution in [2.45, 2.75) is 59.7 Å². The first-order chi connectivity index (χ1) is 16.2. The van der Waals surface area contributed by atoms with Crippen molar-refractivity contribution in [3.8, 4) is 0 Å². The Morgan fingerprint density at radius 2 is 1.56 bits per heavy atom. The van der Waals surface area contributed by atoms with Crippen molar-refractivity contribution < 1.29 is 9.59 Å². The summed E-state index contributed by atoms with van der Waals surface area (Å²) >= 11 is 1.69. The number of carbonyl (C=O) groups excluding carboxylic acids is 2. The third kappa shape index (κ3) is 7.19. The number of benzene rings is 2. The molecule has 0 aliphatic rings. The molecule has 180 valence electrons. The van der Waals surface area contributed by atoms with E-state index in [2.05, 4.69) is 38.2 Å². The summed E-state index contributed by atoms with van der Waals surface area (Å²) in [5.74, 6) is 0.353. The van der Waals surface area contributed by atoms with Crippen molar-refractivity contribution in [1.82, 2.24) is 9.80 Å². The van der Waals surface area contributed by atoms with E-state index in [1.807, 2.05) is 73.3 Å². The predicted molar refractivity (Wildman–Crippen MR) is 141 cm³/mol. The number of thiophene rings is 1. The number of hydrogen-bond acceptors (Lipinski definition) is 3. The molecule has 0 saturated carbocycles. The monoisotopic (exact) mass is 477 g/mol. The van der Waals surface area contributed by atoms with Gasteiger partial charge >= 0.3 is 6.03 Å². The number of nitrogens with zero attached hydrogens (tertiary/aromatic N) is 2. The average Bonchev–Trinajstić information content (AvgIpc) is 3.22. The molecule has 0 atom stereocenters. The molecule has 0 unspecified atom stereocenters. The second kappa shape index (κ2) is 11.8. The van der Waals surface area contributed by atoms with Crippen molar-refractivity contribution in [1.29, 1.82) is 0 Å². The Kier molecular flexibility index (Phi) is 8.88. The standard InChI is InChI=1S/C28H35N3O2S/c1-20(2)24-12-14-25(15-13-24)29-28(33)31(21(3)4)19-27(32)30(17-23-9-7-6-8-10-23)18-26-16-11-22(5)34-26/h6-16,20-21H,17-19H2,1-5H3,(H,29,33). The molecule has 3 aromatic rings. The van der Waals surface area contributed by atoms with Gasteiger partial charge in [-0.3, -0.25) is 4.79 Å². The summed E-state index contributed by atoms with van der Waals surface area (Å²) in [6.07, 6.45) is 0. The lowest BCUT2D eigenvalue weighted by Gasteiger charge is -2.30. The predicted octanol–water partition coefficient (Wildman–Crippen LogP) is 6.65. The maximum absolute atomic E-state index is 13.5. The van der Waals surface area contributed by atoms with Gasteiger partial charge in [0.25, 0.3) is 0 Å². The Bertz CT molecular complexity index is 1070. The Labute approximate surface area is 207 Å². The molecule has 34 heavy (non-hydrogen) atoms. The first-order valence-electron chi connectivity index (χ1n) is 11.8. The Hall–Kier alpha value is -3.12. The number of rotatable bonds is 9. The van der Waals surface area contributed by atoms with E-state index in [4.69, 9.17) is 0 Å². The molecular formula is C28H35N3O2S. The van der Waals surface area contributed by atoms with Crippen LogP contribution in [0.15, 0.2) is 66.7 Å². The van der Waals surface area contributed by atoms with Crippen LogP contribution in [0.1, 0.15) is 54.5 Å². The summed E-state index contributed by atoms with van der Waals surface area (Å²) in [7, 11) is 0. The fourth-order valence-electron chi connectivity index (χ4n) is 3.68. The van der Waals surface area contributed by atoms with E-state index in [-0.39, 0.29) is 24.5 Å². The highest BCUT2D eigenvalue weighted by Crippen LogP contribution is 2.20. The zero-order chi connectivity index (χ0) is 24.7. The van der Waals surface area contributed by atoms with Gasteiger partial charge in [-0.05, 0) is 62.1 Å². The first-order valence-corrected chi connectivity index (χ1v) is 12.6. The van der Waals surface area contributed by atoms with Gasteiger partial charge in [-0.1, -0.05) is 56.3 Å². The number of hydrogen-bond donors (Lipinski definition) is 1. The molecule has 6 heteroatoms. The fraction of sp³-hybridized carbons (Fsp3) is 0.357. The minimum Gasteiger partial charge on any atom is -0.332 e. The molecule has 0 bridgehead atoms. The zero-order valence-electron chi connectivity index (χ0n) is 20.7. The molecule has 0 aliphatic carbocycles. The van der Waals surface area contributed by atoms with Gasteiger partial charge in [0.05, 0.1) is 6.54 Å². The molecule has 3 rings (SSSR count). The highest BCUT2D eigenvalue weighted by atomic mass is 32.1. The van der Waals surface area contributed by atoms with Gasteiger partial charge < -0.3 is 15.1 Å². The summed E-state index contributed by atoms with van der Waals surface area (Å²) in [6, 6.07) is 21.6. The number of carbonyl (C=O) groups is 2. The van der Waals surface area contributed by atoms with Crippen LogP contribution >= 0.6 is 11.3 Å². The number of amides is 3. The molecule has 5 nitrogen and oxygen atoms in total. The number of anilines is 1. The summed E-state index contributed by atoms with van der Waals surface area (Å²) in [4.78, 5) is 32.3. The number of urea groups is 1. The van der Waals surface area contributed by atoms with Crippen LogP contribution in [0.25, 0.3) is 0 Å². The van der Waals surface area contributed by atoms with Crippen LogP contribution in [0.2, 0.25) is 0 Å². The van der Waals surface area contributed by atoms with Gasteiger partial charge in [0.15, 0.2) is 0 Å². The van der Waals surface area contributed by atoms with Crippen molar-refractivity contribution in [3.05, 3.63) is 87.6 Å². The molecule has 2 aromatic carbocycles. The molecule has 3 amide bonds. The quantitative estimate of drug-likeness (QED) is 0.375. The molecular weight excluding hydrogens is 442 g/mol. The highest BCUT2D eigenvalue weighted by Gasteiger charge is 2.24. The van der Waals surface area contributed by atoms with Gasteiger partial charge in [-0.15, -0.1) is 11.3 Å². The van der Waals surface area contributed by atoms with Crippen LogP contribution in [0.3, 0.4) is 0 Å². The van der Waals surface area contributed by atoms with Gasteiger partial charge in [0.2, 0.25) is 5.91 Å². The Morgan fingerprint density at radius 3 is 2.12 bits per heavy atom. The van der Waals surface area contributed by atoms with E-state index in [1.165, 1.54) is 10.4 Å². The molecule has 0 aliphatic heterocycles. The van der Waals surface area contributed by atoms with Crippen LogP contribution in [-0.2, 0) is 17.9 Å². The van der Waals surface area contributed by atoms with Crippen molar-refractivity contribution in [2.24, 2.45) is 0 Å². The molecule has 1 N–H and O–H groups in total. The van der Waals surface area contributed by atoms with Crippen LogP contribution in [-0.4, -0.2) is 34.3 Å². The smallest absolute Gasteiger partial charge is 0.322 e. The summed E-state index contributed by atoms with van der Waals surface area (Å²) in [5.41, 5.74) is 3.01. The minimum atomic E-state index is -0.271. The molecule has 1 aromatic heterocycles. The maximum atomic E-state index is 13.5. The van der Waals surface area contributed by atoms with Crippen LogP contribution < -0.4 is 5.32 Å². The SMILES string of the molecule is Cc1ccc(CN(Cc2ccccc2)C(=O)CN(C(=O)Nc2ccc(C(C)C)cc2)C(C)C)s1. The van der Waals surface area contributed by atoms with E-state index in [1.54, 1.807) is 16.2 Å².